The Bertz CT molecular complexity index is 148. The van der Waals surface area contributed by atoms with Crippen molar-refractivity contribution in [3.63, 3.8) is 0 Å². The van der Waals surface area contributed by atoms with Crippen molar-refractivity contribution in [2.24, 2.45) is 5.92 Å². The van der Waals surface area contributed by atoms with Crippen LogP contribution >= 0.6 is 0 Å². The topological polar surface area (TPSA) is 41.5 Å². The minimum Gasteiger partial charge on any atom is -0.391 e. The molecule has 13 heavy (non-hydrogen) atoms. The molecule has 0 fully saturated rings. The third-order valence-corrected chi connectivity index (χ3v) is 2.16. The molecule has 0 aliphatic heterocycles. The third-order valence-electron chi connectivity index (χ3n) is 2.16. The fraction of sp³-hybridized carbons (Fsp3) is 0.800. The van der Waals surface area contributed by atoms with Crippen molar-refractivity contribution in [1.82, 2.24) is 5.32 Å². The van der Waals surface area contributed by atoms with Gasteiger partial charge in [-0.3, -0.25) is 0 Å². The standard InChI is InChI=1S/C10H21NO2/c1-5-6-8(2)10(12)9(11-3)7-13-4/h5-6,8-12H,7H2,1-4H3/b6-5+. The minimum absolute atomic E-state index is 0.00352. The van der Waals surface area contributed by atoms with Gasteiger partial charge in [-0.1, -0.05) is 19.1 Å². The maximum Gasteiger partial charge on any atom is 0.0775 e. The number of ether oxygens (including phenoxy) is 1. The van der Waals surface area contributed by atoms with E-state index >= 15 is 0 Å². The summed E-state index contributed by atoms with van der Waals surface area (Å²) in [6.07, 6.45) is 3.54. The molecule has 2 N–H and O–H groups in total. The first-order valence-electron chi connectivity index (χ1n) is 4.64. The molecule has 0 aliphatic carbocycles. The second kappa shape index (κ2) is 7.06. The summed E-state index contributed by atoms with van der Waals surface area (Å²) in [4.78, 5) is 0. The number of allylic oxidation sites excluding steroid dienone is 1. The first-order valence-corrected chi connectivity index (χ1v) is 4.64. The fourth-order valence-electron chi connectivity index (χ4n) is 1.32. The smallest absolute Gasteiger partial charge is 0.0775 e. The molecule has 0 aromatic heterocycles. The van der Waals surface area contributed by atoms with Gasteiger partial charge in [0.25, 0.3) is 0 Å². The summed E-state index contributed by atoms with van der Waals surface area (Å²) in [5, 5.41) is 12.9. The van der Waals surface area contributed by atoms with Gasteiger partial charge < -0.3 is 15.2 Å². The highest BCUT2D eigenvalue weighted by Gasteiger charge is 2.21. The summed E-state index contributed by atoms with van der Waals surface area (Å²) in [6.45, 7) is 4.47. The van der Waals surface area contributed by atoms with Gasteiger partial charge in [-0.25, -0.2) is 0 Å². The lowest BCUT2D eigenvalue weighted by Gasteiger charge is -2.25. The third kappa shape index (κ3) is 4.41. The molecule has 0 spiro atoms. The van der Waals surface area contributed by atoms with E-state index in [1.165, 1.54) is 0 Å². The van der Waals surface area contributed by atoms with Crippen LogP contribution in [0.15, 0.2) is 12.2 Å². The summed E-state index contributed by atoms with van der Waals surface area (Å²) >= 11 is 0. The largest absolute Gasteiger partial charge is 0.391 e. The zero-order chi connectivity index (χ0) is 10.3. The van der Waals surface area contributed by atoms with Crippen molar-refractivity contribution in [1.29, 1.82) is 0 Å². The predicted octanol–water partition coefficient (Wildman–Crippen LogP) is 0.794. The molecule has 0 saturated heterocycles. The zero-order valence-electron chi connectivity index (χ0n) is 8.95. The van der Waals surface area contributed by atoms with Gasteiger partial charge in [0, 0.05) is 13.0 Å². The molecule has 3 unspecified atom stereocenters. The quantitative estimate of drug-likeness (QED) is 0.604. The molecule has 0 aliphatic rings. The van der Waals surface area contributed by atoms with Gasteiger partial charge in [-0.15, -0.1) is 0 Å². The Hall–Kier alpha value is -0.380. The number of rotatable bonds is 6. The number of likely N-dealkylation sites (N-methyl/N-ethyl adjacent to an activating group) is 1. The number of nitrogens with one attached hydrogen (secondary N) is 1. The van der Waals surface area contributed by atoms with Crippen molar-refractivity contribution in [2.45, 2.75) is 26.0 Å². The highest BCUT2D eigenvalue weighted by molar-refractivity contribution is 4.91. The Morgan fingerprint density at radius 1 is 1.54 bits per heavy atom. The van der Waals surface area contributed by atoms with E-state index in [9.17, 15) is 5.11 Å². The average Bonchev–Trinajstić information content (AvgIpc) is 2.13. The van der Waals surface area contributed by atoms with Crippen LogP contribution in [0.5, 0.6) is 0 Å². The molecule has 0 saturated carbocycles. The van der Waals surface area contributed by atoms with E-state index in [4.69, 9.17) is 4.74 Å². The van der Waals surface area contributed by atoms with Crippen LogP contribution in [0.2, 0.25) is 0 Å². The molecule has 0 bridgehead atoms. The average molecular weight is 187 g/mol. The second-order valence-corrected chi connectivity index (χ2v) is 3.23. The SMILES string of the molecule is C/C=C/C(C)C(O)C(COC)NC. The van der Waals surface area contributed by atoms with Crippen LogP contribution in [0.3, 0.4) is 0 Å². The lowest BCUT2D eigenvalue weighted by molar-refractivity contribution is 0.0523. The molecule has 0 aromatic rings. The van der Waals surface area contributed by atoms with Gasteiger partial charge in [0.1, 0.15) is 0 Å². The van der Waals surface area contributed by atoms with E-state index in [2.05, 4.69) is 5.32 Å². The molecule has 3 atom stereocenters. The number of aliphatic hydroxyl groups excluding tert-OH is 1. The van der Waals surface area contributed by atoms with Crippen LogP contribution in [0.4, 0.5) is 0 Å². The summed E-state index contributed by atoms with van der Waals surface area (Å²) in [5.74, 6) is 0.151. The molecular weight excluding hydrogens is 166 g/mol. The van der Waals surface area contributed by atoms with Crippen molar-refractivity contribution in [2.75, 3.05) is 20.8 Å². The maximum absolute atomic E-state index is 9.85. The number of hydrogen-bond donors (Lipinski definition) is 2. The van der Waals surface area contributed by atoms with Crippen molar-refractivity contribution < 1.29 is 9.84 Å². The molecule has 3 nitrogen and oxygen atoms in total. The van der Waals surface area contributed by atoms with E-state index in [0.717, 1.165) is 0 Å². The molecule has 0 heterocycles. The summed E-state index contributed by atoms with van der Waals surface area (Å²) in [7, 11) is 3.46. The van der Waals surface area contributed by atoms with E-state index in [0.29, 0.717) is 6.61 Å². The van der Waals surface area contributed by atoms with Crippen molar-refractivity contribution in [3.8, 4) is 0 Å². The lowest BCUT2D eigenvalue weighted by Crippen LogP contribution is -2.44. The first-order chi connectivity index (χ1) is 6.17. The number of aliphatic hydroxyl groups is 1. The molecule has 78 valence electrons. The Morgan fingerprint density at radius 2 is 2.15 bits per heavy atom. The van der Waals surface area contributed by atoms with Crippen LogP contribution in [0.25, 0.3) is 0 Å². The molecule has 0 radical (unpaired) electrons. The van der Waals surface area contributed by atoms with Gasteiger partial charge in [0.2, 0.25) is 0 Å². The Kier molecular flexibility index (Phi) is 6.86. The van der Waals surface area contributed by atoms with Crippen LogP contribution in [-0.2, 0) is 4.74 Å². The minimum atomic E-state index is -0.402. The number of methoxy groups -OCH3 is 1. The van der Waals surface area contributed by atoms with Crippen molar-refractivity contribution >= 4 is 0 Å². The van der Waals surface area contributed by atoms with Gasteiger partial charge >= 0.3 is 0 Å². The van der Waals surface area contributed by atoms with E-state index in [-0.39, 0.29) is 12.0 Å². The van der Waals surface area contributed by atoms with Gasteiger partial charge in [-0.05, 0) is 14.0 Å². The van der Waals surface area contributed by atoms with Crippen LogP contribution in [0.1, 0.15) is 13.8 Å². The van der Waals surface area contributed by atoms with Gasteiger partial charge in [0.05, 0.1) is 18.8 Å². The Balaban J connectivity index is 4.09. The van der Waals surface area contributed by atoms with Gasteiger partial charge in [0.15, 0.2) is 0 Å². The second-order valence-electron chi connectivity index (χ2n) is 3.23. The molecule has 0 rings (SSSR count). The van der Waals surface area contributed by atoms with E-state index < -0.39 is 6.10 Å². The molecule has 3 heteroatoms. The van der Waals surface area contributed by atoms with Crippen LogP contribution < -0.4 is 5.32 Å². The fourth-order valence-corrected chi connectivity index (χ4v) is 1.32. The maximum atomic E-state index is 9.85. The highest BCUT2D eigenvalue weighted by Crippen LogP contribution is 2.09. The summed E-state index contributed by atoms with van der Waals surface area (Å²) in [5.41, 5.74) is 0. The highest BCUT2D eigenvalue weighted by atomic mass is 16.5. The first kappa shape index (κ1) is 12.6. The molecule has 0 aromatic carbocycles. The van der Waals surface area contributed by atoms with E-state index in [1.807, 2.05) is 33.0 Å². The predicted molar refractivity (Wildman–Crippen MR) is 54.7 cm³/mol. The van der Waals surface area contributed by atoms with E-state index in [1.54, 1.807) is 7.11 Å². The normalized spacial score (nSPS) is 18.8. The zero-order valence-corrected chi connectivity index (χ0v) is 8.95. The number of hydrogen-bond acceptors (Lipinski definition) is 3. The van der Waals surface area contributed by atoms with Crippen LogP contribution in [0, 0.1) is 5.92 Å². The summed E-state index contributed by atoms with van der Waals surface area (Å²) < 4.78 is 5.00. The monoisotopic (exact) mass is 187 g/mol. The Morgan fingerprint density at radius 3 is 2.54 bits per heavy atom. The molecular formula is C10H21NO2. The van der Waals surface area contributed by atoms with Crippen molar-refractivity contribution in [3.05, 3.63) is 12.2 Å². The molecule has 0 amide bonds. The summed E-state index contributed by atoms with van der Waals surface area (Å²) in [6, 6.07) is -0.00352. The Labute approximate surface area is 80.8 Å². The van der Waals surface area contributed by atoms with Crippen LogP contribution in [-0.4, -0.2) is 38.0 Å². The lowest BCUT2D eigenvalue weighted by atomic mass is 9.98. The van der Waals surface area contributed by atoms with Gasteiger partial charge in [-0.2, -0.15) is 0 Å².